The molecular formula is C14H26N4O3. The molecule has 0 aliphatic carbocycles. The minimum Gasteiger partial charge on any atom is -0.399 e. The Balaban J connectivity index is 1.74. The highest BCUT2D eigenvalue weighted by Crippen LogP contribution is 2.11. The van der Waals surface area contributed by atoms with Gasteiger partial charge in [-0.2, -0.15) is 0 Å². The molecule has 2 unspecified atom stereocenters. The van der Waals surface area contributed by atoms with Crippen molar-refractivity contribution in [3.05, 3.63) is 0 Å². The van der Waals surface area contributed by atoms with Crippen LogP contribution in [0, 0.1) is 0 Å². The molecular weight excluding hydrogens is 272 g/mol. The van der Waals surface area contributed by atoms with E-state index in [0.717, 1.165) is 25.3 Å². The highest BCUT2D eigenvalue weighted by Gasteiger charge is 2.33. The van der Waals surface area contributed by atoms with Crippen molar-refractivity contribution in [3.63, 3.8) is 0 Å². The number of nitrogens with zero attached hydrogens (tertiary/aromatic N) is 2. The molecule has 2 rings (SSSR count). The Bertz CT molecular complexity index is 369. The molecule has 0 bridgehead atoms. The van der Waals surface area contributed by atoms with E-state index in [1.807, 2.05) is 0 Å². The number of carbonyl (C=O) groups is 1. The van der Waals surface area contributed by atoms with Crippen molar-refractivity contribution in [1.82, 2.24) is 15.5 Å². The van der Waals surface area contributed by atoms with Crippen LogP contribution >= 0.6 is 0 Å². The van der Waals surface area contributed by atoms with Gasteiger partial charge in [-0.3, -0.25) is 4.79 Å². The van der Waals surface area contributed by atoms with Gasteiger partial charge in [0.25, 0.3) is 5.91 Å². The molecule has 2 N–H and O–H groups in total. The summed E-state index contributed by atoms with van der Waals surface area (Å²) in [5.74, 6) is -0.0622. The average Bonchev–Trinajstić information content (AvgIpc) is 3.12. The Morgan fingerprint density at radius 3 is 2.90 bits per heavy atom. The minimum atomic E-state index is -0.492. The number of hydrogen-bond acceptors (Lipinski definition) is 6. The zero-order valence-corrected chi connectivity index (χ0v) is 12.9. The largest absolute Gasteiger partial charge is 0.399 e. The van der Waals surface area contributed by atoms with Crippen LogP contribution in [-0.2, 0) is 14.4 Å². The summed E-state index contributed by atoms with van der Waals surface area (Å²) >= 11 is 0. The first kappa shape index (κ1) is 16.2. The molecule has 0 radical (unpaired) electrons. The number of likely N-dealkylation sites (tertiary alicyclic amines) is 1. The first-order chi connectivity index (χ1) is 10.2. The molecule has 7 nitrogen and oxygen atoms in total. The zero-order valence-electron chi connectivity index (χ0n) is 12.9. The smallest absolute Gasteiger partial charge is 0.250 e. The van der Waals surface area contributed by atoms with Gasteiger partial charge in [-0.05, 0) is 25.9 Å². The second-order valence-electron chi connectivity index (χ2n) is 5.53. The van der Waals surface area contributed by atoms with E-state index in [1.54, 1.807) is 7.11 Å². The molecule has 2 aliphatic heterocycles. The van der Waals surface area contributed by atoms with Crippen LogP contribution in [0.1, 0.15) is 19.3 Å². The molecule has 21 heavy (non-hydrogen) atoms. The fourth-order valence-electron chi connectivity index (χ4n) is 2.96. The van der Waals surface area contributed by atoms with Crippen LogP contribution in [0.2, 0.25) is 0 Å². The molecule has 0 saturated carbocycles. The Hall–Kier alpha value is -1.18. The normalized spacial score (nSPS) is 26.2. The summed E-state index contributed by atoms with van der Waals surface area (Å²) < 4.78 is 5.36. The fraction of sp³-hybridized carbons (Fsp3) is 0.857. The van der Waals surface area contributed by atoms with Crippen LogP contribution in [0.25, 0.3) is 0 Å². The van der Waals surface area contributed by atoms with Crippen molar-refractivity contribution in [2.24, 2.45) is 5.16 Å². The van der Waals surface area contributed by atoms with Gasteiger partial charge in [-0.1, -0.05) is 5.16 Å². The van der Waals surface area contributed by atoms with E-state index >= 15 is 0 Å². The fourth-order valence-corrected chi connectivity index (χ4v) is 2.96. The molecule has 0 aromatic carbocycles. The maximum absolute atomic E-state index is 12.2. The Morgan fingerprint density at radius 2 is 2.24 bits per heavy atom. The van der Waals surface area contributed by atoms with Crippen LogP contribution in [0.5, 0.6) is 0 Å². The zero-order chi connectivity index (χ0) is 15.1. The van der Waals surface area contributed by atoms with Crippen LogP contribution in [0.3, 0.4) is 0 Å². The van der Waals surface area contributed by atoms with E-state index in [0.29, 0.717) is 19.5 Å². The number of oxime groups is 1. The second-order valence-corrected chi connectivity index (χ2v) is 5.53. The van der Waals surface area contributed by atoms with Crippen molar-refractivity contribution in [1.29, 1.82) is 0 Å². The van der Waals surface area contributed by atoms with E-state index in [2.05, 4.69) is 20.7 Å². The highest BCUT2D eigenvalue weighted by atomic mass is 16.6. The number of nitrogens with one attached hydrogen (secondary N) is 2. The molecule has 2 heterocycles. The van der Waals surface area contributed by atoms with E-state index in [1.165, 1.54) is 20.0 Å². The Kier molecular flexibility index (Phi) is 6.41. The standard InChI is InChI=1S/C14H26N4O3/c1-20-13(12-9-11(10-16-12)17-21-2)14(19)15-5-8-18-6-3-4-7-18/h12-13,16H,3-10H2,1-2H3,(H,15,19). The lowest BCUT2D eigenvalue weighted by molar-refractivity contribution is -0.132. The van der Waals surface area contributed by atoms with Crippen LogP contribution in [0.15, 0.2) is 5.16 Å². The van der Waals surface area contributed by atoms with Crippen LogP contribution < -0.4 is 10.6 Å². The summed E-state index contributed by atoms with van der Waals surface area (Å²) in [6.45, 7) is 4.51. The maximum atomic E-state index is 12.2. The molecule has 2 saturated heterocycles. The molecule has 0 aromatic rings. The van der Waals surface area contributed by atoms with Gasteiger partial charge in [-0.25, -0.2) is 0 Å². The molecule has 7 heteroatoms. The molecule has 0 spiro atoms. The van der Waals surface area contributed by atoms with Gasteiger partial charge in [-0.15, -0.1) is 0 Å². The number of ether oxygens (including phenoxy) is 1. The van der Waals surface area contributed by atoms with Crippen molar-refractivity contribution in [2.45, 2.75) is 31.4 Å². The lowest BCUT2D eigenvalue weighted by Gasteiger charge is -2.22. The van der Waals surface area contributed by atoms with E-state index < -0.39 is 6.10 Å². The number of carbonyl (C=O) groups excluding carboxylic acids is 1. The van der Waals surface area contributed by atoms with Crippen molar-refractivity contribution in [3.8, 4) is 0 Å². The Labute approximate surface area is 126 Å². The highest BCUT2D eigenvalue weighted by molar-refractivity contribution is 5.90. The summed E-state index contributed by atoms with van der Waals surface area (Å²) in [5.41, 5.74) is 0.911. The minimum absolute atomic E-state index is 0.0457. The van der Waals surface area contributed by atoms with E-state index in [-0.39, 0.29) is 11.9 Å². The second kappa shape index (κ2) is 8.31. The number of hydrogen-bond donors (Lipinski definition) is 2. The summed E-state index contributed by atoms with van der Waals surface area (Å²) in [6, 6.07) is -0.0457. The van der Waals surface area contributed by atoms with Crippen LogP contribution in [-0.4, -0.2) is 75.6 Å². The predicted octanol–water partition coefficient (Wildman–Crippen LogP) is -0.422. The number of amides is 1. The van der Waals surface area contributed by atoms with Crippen LogP contribution in [0.4, 0.5) is 0 Å². The van der Waals surface area contributed by atoms with Gasteiger partial charge in [0.2, 0.25) is 0 Å². The van der Waals surface area contributed by atoms with Gasteiger partial charge in [0.1, 0.15) is 7.11 Å². The molecule has 120 valence electrons. The van der Waals surface area contributed by atoms with Gasteiger partial charge in [0, 0.05) is 39.2 Å². The molecule has 0 aromatic heterocycles. The summed E-state index contributed by atoms with van der Waals surface area (Å²) in [7, 11) is 3.09. The number of methoxy groups -OCH3 is 1. The molecule has 1 amide bonds. The van der Waals surface area contributed by atoms with Crippen molar-refractivity contribution >= 4 is 11.6 Å². The van der Waals surface area contributed by atoms with Gasteiger partial charge >= 0.3 is 0 Å². The first-order valence-corrected chi connectivity index (χ1v) is 7.59. The summed E-state index contributed by atoms with van der Waals surface area (Å²) in [6.07, 6.45) is 2.71. The average molecular weight is 298 g/mol. The maximum Gasteiger partial charge on any atom is 0.250 e. The third kappa shape index (κ3) is 4.66. The third-order valence-electron chi connectivity index (χ3n) is 4.05. The SMILES string of the molecule is CON=C1CNC(C(OC)C(=O)NCCN2CCCC2)C1. The monoisotopic (exact) mass is 298 g/mol. The topological polar surface area (TPSA) is 75.2 Å². The summed E-state index contributed by atoms with van der Waals surface area (Å²) in [5, 5.41) is 10.1. The van der Waals surface area contributed by atoms with Gasteiger partial charge in [0.15, 0.2) is 6.10 Å². The lowest BCUT2D eigenvalue weighted by atomic mass is 10.1. The third-order valence-corrected chi connectivity index (χ3v) is 4.05. The first-order valence-electron chi connectivity index (χ1n) is 7.59. The van der Waals surface area contributed by atoms with E-state index in [4.69, 9.17) is 9.57 Å². The van der Waals surface area contributed by atoms with Crippen molar-refractivity contribution in [2.75, 3.05) is 46.9 Å². The molecule has 2 aliphatic rings. The quantitative estimate of drug-likeness (QED) is 0.624. The Morgan fingerprint density at radius 1 is 1.48 bits per heavy atom. The number of rotatable bonds is 7. The lowest BCUT2D eigenvalue weighted by Crippen LogP contribution is -2.48. The van der Waals surface area contributed by atoms with Crippen molar-refractivity contribution < 1.29 is 14.4 Å². The summed E-state index contributed by atoms with van der Waals surface area (Å²) in [4.78, 5) is 19.4. The molecule has 2 fully saturated rings. The van der Waals surface area contributed by atoms with E-state index in [9.17, 15) is 4.79 Å². The van der Waals surface area contributed by atoms with Gasteiger partial charge in [0.05, 0.1) is 5.71 Å². The van der Waals surface area contributed by atoms with Gasteiger partial charge < -0.3 is 25.1 Å². The molecule has 2 atom stereocenters. The predicted molar refractivity (Wildman–Crippen MR) is 80.3 cm³/mol.